The highest BCUT2D eigenvalue weighted by atomic mass is 32.2. The number of halogens is 1. The van der Waals surface area contributed by atoms with Gasteiger partial charge in [-0.25, -0.2) is 9.18 Å². The number of anilines is 1. The summed E-state index contributed by atoms with van der Waals surface area (Å²) in [6.45, 7) is 0.721. The Morgan fingerprint density at radius 2 is 2.10 bits per heavy atom. The molecule has 1 aliphatic rings. The third kappa shape index (κ3) is 4.65. The van der Waals surface area contributed by atoms with Crippen molar-refractivity contribution in [3.05, 3.63) is 83.4 Å². The highest BCUT2D eigenvalue weighted by Crippen LogP contribution is 2.36. The maximum atomic E-state index is 13.5. The minimum atomic E-state index is -0.372. The van der Waals surface area contributed by atoms with E-state index in [1.54, 1.807) is 42.4 Å². The van der Waals surface area contributed by atoms with Crippen LogP contribution in [0, 0.1) is 5.82 Å². The van der Waals surface area contributed by atoms with Crippen LogP contribution < -0.4 is 5.32 Å². The van der Waals surface area contributed by atoms with Gasteiger partial charge in [0.15, 0.2) is 0 Å². The summed E-state index contributed by atoms with van der Waals surface area (Å²) in [6, 6.07) is 14.9. The molecule has 1 N–H and O–H groups in total. The summed E-state index contributed by atoms with van der Waals surface area (Å²) in [7, 11) is 1.38. The summed E-state index contributed by atoms with van der Waals surface area (Å²) in [5.74, 6) is -0.235. The fraction of sp³-hybridized carbons (Fsp3) is 0.250. The Morgan fingerprint density at radius 1 is 1.23 bits per heavy atom. The first-order chi connectivity index (χ1) is 14.6. The minimum Gasteiger partial charge on any atom is -0.465 e. The lowest BCUT2D eigenvalue weighted by molar-refractivity contribution is 0.0601. The standard InChI is InChI=1S/C24H23FN2O2S/c1-29-24(28)22-10-11-26-15-23(22)27-14-17-5-2-4-16-12-20(8-9-21(16)17)30-19-7-3-6-18(25)13-19/h3,6-13,15,17,27H,2,4-5,14H2,1H3. The number of nitrogens with one attached hydrogen (secondary N) is 1. The summed E-state index contributed by atoms with van der Waals surface area (Å²) < 4.78 is 18.3. The summed E-state index contributed by atoms with van der Waals surface area (Å²) >= 11 is 1.58. The Balaban J connectivity index is 1.49. The van der Waals surface area contributed by atoms with Crippen LogP contribution in [0.5, 0.6) is 0 Å². The van der Waals surface area contributed by atoms with Crippen molar-refractivity contribution in [3.63, 3.8) is 0 Å². The second kappa shape index (κ2) is 9.30. The van der Waals surface area contributed by atoms with Crippen molar-refractivity contribution in [1.82, 2.24) is 4.98 Å². The predicted octanol–water partition coefficient (Wildman–Crippen LogP) is 5.69. The van der Waals surface area contributed by atoms with Gasteiger partial charge in [-0.3, -0.25) is 4.98 Å². The molecule has 3 aromatic rings. The van der Waals surface area contributed by atoms with E-state index in [9.17, 15) is 9.18 Å². The summed E-state index contributed by atoms with van der Waals surface area (Å²) in [6.07, 6.45) is 6.50. The van der Waals surface area contributed by atoms with Crippen LogP contribution in [0.15, 0.2) is 70.7 Å². The van der Waals surface area contributed by atoms with Crippen molar-refractivity contribution in [2.45, 2.75) is 35.0 Å². The van der Waals surface area contributed by atoms with Gasteiger partial charge in [-0.1, -0.05) is 23.9 Å². The number of hydrogen-bond acceptors (Lipinski definition) is 5. The van der Waals surface area contributed by atoms with Crippen LogP contribution >= 0.6 is 11.8 Å². The largest absolute Gasteiger partial charge is 0.465 e. The first-order valence-corrected chi connectivity index (χ1v) is 10.8. The van der Waals surface area contributed by atoms with Gasteiger partial charge in [0.05, 0.1) is 24.6 Å². The molecule has 0 bridgehead atoms. The van der Waals surface area contributed by atoms with Crippen molar-refractivity contribution in [3.8, 4) is 0 Å². The van der Waals surface area contributed by atoms with Gasteiger partial charge < -0.3 is 10.1 Å². The molecule has 1 aromatic heterocycles. The number of aryl methyl sites for hydroxylation is 1. The van der Waals surface area contributed by atoms with Crippen LogP contribution in [0.1, 0.15) is 40.2 Å². The number of rotatable bonds is 6. The lowest BCUT2D eigenvalue weighted by Gasteiger charge is -2.27. The number of aromatic nitrogens is 1. The van der Waals surface area contributed by atoms with Crippen LogP contribution in [-0.2, 0) is 11.2 Å². The molecule has 0 radical (unpaired) electrons. The molecule has 1 atom stereocenters. The van der Waals surface area contributed by atoms with Gasteiger partial charge >= 0.3 is 5.97 Å². The zero-order valence-electron chi connectivity index (χ0n) is 16.7. The third-order valence-electron chi connectivity index (χ3n) is 5.35. The molecule has 0 saturated heterocycles. The Kier molecular flexibility index (Phi) is 6.33. The number of esters is 1. The van der Waals surface area contributed by atoms with Crippen LogP contribution in [-0.4, -0.2) is 24.6 Å². The Labute approximate surface area is 179 Å². The molecule has 6 heteroatoms. The second-order valence-corrected chi connectivity index (χ2v) is 8.45. The number of nitrogens with zero attached hydrogens (tertiary/aromatic N) is 1. The van der Waals surface area contributed by atoms with E-state index in [0.717, 1.165) is 35.6 Å². The van der Waals surface area contributed by atoms with E-state index >= 15 is 0 Å². The lowest BCUT2D eigenvalue weighted by Crippen LogP contribution is -2.19. The zero-order valence-corrected chi connectivity index (χ0v) is 17.5. The average molecular weight is 423 g/mol. The second-order valence-electron chi connectivity index (χ2n) is 7.30. The summed E-state index contributed by atoms with van der Waals surface area (Å²) in [5.41, 5.74) is 3.86. The van der Waals surface area contributed by atoms with Gasteiger partial charge in [0.1, 0.15) is 5.82 Å². The monoisotopic (exact) mass is 422 g/mol. The van der Waals surface area contributed by atoms with Crippen molar-refractivity contribution >= 4 is 23.4 Å². The number of benzene rings is 2. The van der Waals surface area contributed by atoms with Crippen LogP contribution in [0.2, 0.25) is 0 Å². The van der Waals surface area contributed by atoms with E-state index in [1.807, 2.05) is 6.07 Å². The molecule has 0 saturated carbocycles. The van der Waals surface area contributed by atoms with Gasteiger partial charge in [-0.15, -0.1) is 0 Å². The average Bonchev–Trinajstić information content (AvgIpc) is 2.77. The molecule has 1 aliphatic carbocycles. The van der Waals surface area contributed by atoms with Gasteiger partial charge in [0.25, 0.3) is 0 Å². The number of methoxy groups -OCH3 is 1. The van der Waals surface area contributed by atoms with E-state index in [4.69, 9.17) is 4.74 Å². The SMILES string of the molecule is COC(=O)c1ccncc1NCC1CCCc2cc(Sc3cccc(F)c3)ccc21. The highest BCUT2D eigenvalue weighted by molar-refractivity contribution is 7.99. The fourth-order valence-electron chi connectivity index (χ4n) is 3.89. The molecule has 1 unspecified atom stereocenters. The number of ether oxygens (including phenoxy) is 1. The van der Waals surface area contributed by atoms with E-state index in [2.05, 4.69) is 28.5 Å². The Hall–Kier alpha value is -2.86. The van der Waals surface area contributed by atoms with Crippen molar-refractivity contribution < 1.29 is 13.9 Å². The van der Waals surface area contributed by atoms with Gasteiger partial charge in [0, 0.05) is 28.5 Å². The van der Waals surface area contributed by atoms with Gasteiger partial charge in [-0.05, 0) is 66.8 Å². The number of hydrogen-bond donors (Lipinski definition) is 1. The first-order valence-electron chi connectivity index (χ1n) is 9.96. The van der Waals surface area contributed by atoms with Gasteiger partial charge in [0.2, 0.25) is 0 Å². The van der Waals surface area contributed by atoms with Crippen molar-refractivity contribution in [2.75, 3.05) is 19.0 Å². The molecule has 4 rings (SSSR count). The maximum Gasteiger partial charge on any atom is 0.340 e. The molecule has 154 valence electrons. The Bertz CT molecular complexity index is 1060. The van der Waals surface area contributed by atoms with Gasteiger partial charge in [-0.2, -0.15) is 0 Å². The molecule has 0 fully saturated rings. The minimum absolute atomic E-state index is 0.217. The predicted molar refractivity (Wildman–Crippen MR) is 117 cm³/mol. The molecular weight excluding hydrogens is 399 g/mol. The van der Waals surface area contributed by atoms with Crippen molar-refractivity contribution in [2.24, 2.45) is 0 Å². The summed E-state index contributed by atoms with van der Waals surface area (Å²) in [5, 5.41) is 3.39. The molecule has 0 amide bonds. The van der Waals surface area contributed by atoms with Crippen LogP contribution in [0.4, 0.5) is 10.1 Å². The van der Waals surface area contributed by atoms with Crippen LogP contribution in [0.25, 0.3) is 0 Å². The van der Waals surface area contributed by atoms with Crippen LogP contribution in [0.3, 0.4) is 0 Å². The Morgan fingerprint density at radius 3 is 2.93 bits per heavy atom. The summed E-state index contributed by atoms with van der Waals surface area (Å²) in [4.78, 5) is 18.1. The lowest BCUT2D eigenvalue weighted by atomic mass is 9.83. The molecule has 0 spiro atoms. The fourth-order valence-corrected chi connectivity index (χ4v) is 4.82. The zero-order chi connectivity index (χ0) is 20.9. The van der Waals surface area contributed by atoms with E-state index in [1.165, 1.54) is 24.3 Å². The molecule has 1 heterocycles. The number of pyridine rings is 1. The quantitative estimate of drug-likeness (QED) is 0.517. The first kappa shape index (κ1) is 20.4. The highest BCUT2D eigenvalue weighted by Gasteiger charge is 2.21. The topological polar surface area (TPSA) is 51.2 Å². The smallest absolute Gasteiger partial charge is 0.340 e. The molecule has 0 aliphatic heterocycles. The number of carbonyl (C=O) groups is 1. The third-order valence-corrected chi connectivity index (χ3v) is 6.33. The van der Waals surface area contributed by atoms with E-state index in [0.29, 0.717) is 17.2 Å². The maximum absolute atomic E-state index is 13.5. The van der Waals surface area contributed by atoms with E-state index in [-0.39, 0.29) is 11.8 Å². The molecular formula is C24H23FN2O2S. The normalized spacial score (nSPS) is 15.3. The number of fused-ring (bicyclic) bond motifs is 1. The molecule has 2 aromatic carbocycles. The molecule has 30 heavy (non-hydrogen) atoms. The van der Waals surface area contributed by atoms with Crippen molar-refractivity contribution in [1.29, 1.82) is 0 Å². The molecule has 4 nitrogen and oxygen atoms in total. The van der Waals surface area contributed by atoms with E-state index < -0.39 is 0 Å². The number of carbonyl (C=O) groups excluding carboxylic acids is 1.